The second-order valence-electron chi connectivity index (χ2n) is 4.38. The molecule has 1 aliphatic rings. The molecule has 1 amide bonds. The van der Waals surface area contributed by atoms with Gasteiger partial charge in [-0.15, -0.1) is 0 Å². The van der Waals surface area contributed by atoms with Crippen LogP contribution in [0.15, 0.2) is 12.1 Å². The number of rotatable bonds is 3. The Labute approximate surface area is 103 Å². The van der Waals surface area contributed by atoms with Gasteiger partial charge in [-0.3, -0.25) is 4.79 Å². The molecule has 1 aromatic rings. The van der Waals surface area contributed by atoms with Gasteiger partial charge in [0.1, 0.15) is 0 Å². The molecule has 17 heavy (non-hydrogen) atoms. The largest absolute Gasteiger partial charge is 0.341 e. The number of halogens is 3. The lowest BCUT2D eigenvalue weighted by Gasteiger charge is -2.17. The minimum atomic E-state index is -1.06. The fourth-order valence-corrected chi connectivity index (χ4v) is 1.89. The van der Waals surface area contributed by atoms with Gasteiger partial charge < -0.3 is 4.90 Å². The summed E-state index contributed by atoms with van der Waals surface area (Å²) in [6.45, 7) is 0.633. The summed E-state index contributed by atoms with van der Waals surface area (Å²) in [4.78, 5) is 13.4. The van der Waals surface area contributed by atoms with Crippen molar-refractivity contribution in [3.63, 3.8) is 0 Å². The van der Waals surface area contributed by atoms with Crippen molar-refractivity contribution in [3.8, 4) is 0 Å². The van der Waals surface area contributed by atoms with Crippen LogP contribution < -0.4 is 0 Å². The molecule has 1 fully saturated rings. The molecular formula is C12H12ClF2NO. The van der Waals surface area contributed by atoms with Gasteiger partial charge in [-0.05, 0) is 30.9 Å². The van der Waals surface area contributed by atoms with Crippen LogP contribution >= 0.6 is 11.6 Å². The highest BCUT2D eigenvalue weighted by molar-refractivity contribution is 6.33. The third-order valence-electron chi connectivity index (χ3n) is 2.82. The number of amides is 1. The molecule has 0 aromatic heterocycles. The number of hydrogen-bond donors (Lipinski definition) is 0. The molecule has 5 heteroatoms. The summed E-state index contributed by atoms with van der Waals surface area (Å²) in [6, 6.07) is 1.68. The van der Waals surface area contributed by atoms with Crippen molar-refractivity contribution in [2.24, 2.45) is 5.92 Å². The maximum atomic E-state index is 13.1. The van der Waals surface area contributed by atoms with E-state index in [0.717, 1.165) is 25.0 Å². The minimum absolute atomic E-state index is 0.00807. The zero-order valence-electron chi connectivity index (χ0n) is 9.34. The van der Waals surface area contributed by atoms with Gasteiger partial charge in [-0.1, -0.05) is 11.6 Å². The first-order valence-corrected chi connectivity index (χ1v) is 5.77. The Kier molecular flexibility index (Phi) is 3.33. The van der Waals surface area contributed by atoms with Crippen molar-refractivity contribution in [2.45, 2.75) is 12.8 Å². The van der Waals surface area contributed by atoms with Gasteiger partial charge in [0.2, 0.25) is 0 Å². The fraction of sp³-hybridized carbons (Fsp3) is 0.417. The molecule has 0 heterocycles. The lowest BCUT2D eigenvalue weighted by Crippen LogP contribution is -2.29. The van der Waals surface area contributed by atoms with Crippen molar-refractivity contribution in [1.29, 1.82) is 0 Å². The maximum Gasteiger partial charge on any atom is 0.255 e. The smallest absolute Gasteiger partial charge is 0.255 e. The molecule has 0 radical (unpaired) electrons. The van der Waals surface area contributed by atoms with E-state index in [2.05, 4.69) is 0 Å². The minimum Gasteiger partial charge on any atom is -0.341 e. The second-order valence-corrected chi connectivity index (χ2v) is 4.78. The van der Waals surface area contributed by atoms with Crippen LogP contribution in [0.2, 0.25) is 5.02 Å². The fourth-order valence-electron chi connectivity index (χ4n) is 1.66. The summed E-state index contributed by atoms with van der Waals surface area (Å²) in [7, 11) is 1.64. The van der Waals surface area contributed by atoms with Crippen LogP contribution in [0.3, 0.4) is 0 Å². The van der Waals surface area contributed by atoms with E-state index >= 15 is 0 Å². The van der Waals surface area contributed by atoms with Gasteiger partial charge in [-0.25, -0.2) is 8.78 Å². The van der Waals surface area contributed by atoms with Crippen molar-refractivity contribution < 1.29 is 13.6 Å². The van der Waals surface area contributed by atoms with Gasteiger partial charge in [0.15, 0.2) is 11.6 Å². The summed E-state index contributed by atoms with van der Waals surface area (Å²) in [6.07, 6.45) is 2.23. The van der Waals surface area contributed by atoms with Gasteiger partial charge in [-0.2, -0.15) is 0 Å². The third-order valence-corrected chi connectivity index (χ3v) is 3.13. The molecule has 1 aliphatic carbocycles. The number of hydrogen-bond acceptors (Lipinski definition) is 1. The number of nitrogens with zero attached hydrogens (tertiary/aromatic N) is 1. The molecule has 0 saturated heterocycles. The van der Waals surface area contributed by atoms with Gasteiger partial charge >= 0.3 is 0 Å². The monoisotopic (exact) mass is 259 g/mol. The molecule has 0 aliphatic heterocycles. The van der Waals surface area contributed by atoms with Crippen LogP contribution in [0, 0.1) is 17.6 Å². The standard InChI is InChI=1S/C12H12ClF2NO/c1-16(6-7-2-3-7)12(17)8-4-10(14)11(15)5-9(8)13/h4-5,7H,2-3,6H2,1H3. The predicted octanol–water partition coefficient (Wildman–Crippen LogP) is 3.10. The first-order valence-electron chi connectivity index (χ1n) is 5.39. The summed E-state index contributed by atoms with van der Waals surface area (Å²) in [5, 5.41) is -0.0588. The Morgan fingerprint density at radius 2 is 2.00 bits per heavy atom. The molecule has 0 spiro atoms. The van der Waals surface area contributed by atoms with Crippen molar-refractivity contribution in [1.82, 2.24) is 4.90 Å². The second kappa shape index (κ2) is 4.61. The van der Waals surface area contributed by atoms with E-state index in [1.165, 1.54) is 4.90 Å². The average Bonchev–Trinajstić information content (AvgIpc) is 3.06. The summed E-state index contributed by atoms with van der Waals surface area (Å²) >= 11 is 5.74. The molecule has 1 saturated carbocycles. The molecular weight excluding hydrogens is 248 g/mol. The van der Waals surface area contributed by atoms with E-state index in [9.17, 15) is 13.6 Å². The molecule has 92 valence electrons. The van der Waals surface area contributed by atoms with Crippen molar-refractivity contribution >= 4 is 17.5 Å². The number of carbonyl (C=O) groups excluding carboxylic acids is 1. The lowest BCUT2D eigenvalue weighted by molar-refractivity contribution is 0.0788. The van der Waals surface area contributed by atoms with E-state index in [4.69, 9.17) is 11.6 Å². The highest BCUT2D eigenvalue weighted by Crippen LogP contribution is 2.30. The molecule has 2 nitrogen and oxygen atoms in total. The van der Waals surface area contributed by atoms with Gasteiger partial charge in [0, 0.05) is 13.6 Å². The van der Waals surface area contributed by atoms with Gasteiger partial charge in [0.05, 0.1) is 10.6 Å². The summed E-state index contributed by atoms with van der Waals surface area (Å²) < 4.78 is 25.9. The normalized spacial score (nSPS) is 14.8. The number of carbonyl (C=O) groups is 1. The van der Waals surface area contributed by atoms with E-state index < -0.39 is 11.6 Å². The Balaban J connectivity index is 2.20. The quantitative estimate of drug-likeness (QED) is 0.764. The lowest BCUT2D eigenvalue weighted by atomic mass is 10.2. The van der Waals surface area contributed by atoms with Crippen LogP contribution in [0.25, 0.3) is 0 Å². The first-order chi connectivity index (χ1) is 7.99. The van der Waals surface area contributed by atoms with Crippen LogP contribution in [0.4, 0.5) is 8.78 Å². The van der Waals surface area contributed by atoms with Crippen LogP contribution in [-0.4, -0.2) is 24.4 Å². The van der Waals surface area contributed by atoms with Gasteiger partial charge in [0.25, 0.3) is 5.91 Å². The highest BCUT2D eigenvalue weighted by Gasteiger charge is 2.26. The molecule has 0 N–H and O–H groups in total. The highest BCUT2D eigenvalue weighted by atomic mass is 35.5. The third kappa shape index (κ3) is 2.75. The maximum absolute atomic E-state index is 13.1. The Morgan fingerprint density at radius 3 is 2.59 bits per heavy atom. The zero-order valence-corrected chi connectivity index (χ0v) is 10.1. The van der Waals surface area contributed by atoms with E-state index in [-0.39, 0.29) is 16.5 Å². The molecule has 1 aromatic carbocycles. The Hall–Kier alpha value is -1.16. The topological polar surface area (TPSA) is 20.3 Å². The number of benzene rings is 1. The first kappa shape index (κ1) is 12.3. The summed E-state index contributed by atoms with van der Waals surface area (Å²) in [5.74, 6) is -1.94. The van der Waals surface area contributed by atoms with Crippen LogP contribution in [0.1, 0.15) is 23.2 Å². The van der Waals surface area contributed by atoms with Crippen molar-refractivity contribution in [3.05, 3.63) is 34.4 Å². The molecule has 0 unspecified atom stereocenters. The molecule has 0 atom stereocenters. The SMILES string of the molecule is CN(CC1CC1)C(=O)c1cc(F)c(F)cc1Cl. The summed E-state index contributed by atoms with van der Waals surface area (Å²) in [5.41, 5.74) is 0.00807. The average molecular weight is 260 g/mol. The Bertz CT molecular complexity index is 460. The molecule has 0 bridgehead atoms. The van der Waals surface area contributed by atoms with E-state index in [1.54, 1.807) is 7.05 Å². The van der Waals surface area contributed by atoms with Crippen LogP contribution in [0.5, 0.6) is 0 Å². The predicted molar refractivity (Wildman–Crippen MR) is 61.1 cm³/mol. The molecule has 2 rings (SSSR count). The Morgan fingerprint density at radius 1 is 1.41 bits per heavy atom. The zero-order chi connectivity index (χ0) is 12.6. The van der Waals surface area contributed by atoms with E-state index in [1.807, 2.05) is 0 Å². The van der Waals surface area contributed by atoms with Crippen LogP contribution in [-0.2, 0) is 0 Å². The van der Waals surface area contributed by atoms with Crippen molar-refractivity contribution in [2.75, 3.05) is 13.6 Å². The van der Waals surface area contributed by atoms with E-state index in [0.29, 0.717) is 12.5 Å².